The number of unbranched alkanes of at least 4 members (excludes halogenated alkanes) is 27. The topological polar surface area (TPSA) is 228 Å². The molecule has 0 aromatic heterocycles. The maximum atomic E-state index is 13.2. The van der Waals surface area contributed by atoms with Crippen molar-refractivity contribution in [2.24, 2.45) is 0 Å². The van der Waals surface area contributed by atoms with Crippen LogP contribution in [0.3, 0.4) is 0 Å². The number of aliphatic hydroxyl groups excluding tert-OH is 8. The molecule has 0 aromatic carbocycles. The van der Waals surface area contributed by atoms with Crippen molar-refractivity contribution in [3.8, 4) is 0 Å². The van der Waals surface area contributed by atoms with Gasteiger partial charge in [0.2, 0.25) is 5.91 Å². The number of carbonyl (C=O) groups excluding carboxylic acids is 1. The van der Waals surface area contributed by atoms with Crippen molar-refractivity contribution in [3.05, 3.63) is 85.1 Å². The Morgan fingerprint density at radius 3 is 1.29 bits per heavy atom. The van der Waals surface area contributed by atoms with Crippen molar-refractivity contribution < 1.29 is 64.6 Å². The minimum absolute atomic E-state index is 0.241. The van der Waals surface area contributed by atoms with E-state index < -0.39 is 86.8 Å². The predicted molar refractivity (Wildman–Crippen MR) is 332 cm³/mol. The van der Waals surface area contributed by atoms with Crippen LogP contribution in [0.1, 0.15) is 245 Å². The van der Waals surface area contributed by atoms with Gasteiger partial charge in [-0.3, -0.25) is 4.79 Å². The largest absolute Gasteiger partial charge is 0.394 e. The SMILES string of the molecule is CC/C=C\C/C=C\C/C=C\C/C=C\C/C=C\C/C=C\CCCCCCCCCCCCCCCCCCCCCCC(=O)NC(COC1OC(CO)C(OC2OC(CO)C(O)C(O)C2O)C(O)C1O)C(O)/C=C/CCCCCCCCC. The van der Waals surface area contributed by atoms with Crippen molar-refractivity contribution in [1.29, 1.82) is 0 Å². The average molecular weight is 1160 g/mol. The van der Waals surface area contributed by atoms with E-state index in [4.69, 9.17) is 18.9 Å². The molecule has 2 aliphatic rings. The molecule has 0 saturated carbocycles. The van der Waals surface area contributed by atoms with Gasteiger partial charge in [-0.25, -0.2) is 0 Å². The highest BCUT2D eigenvalue weighted by Crippen LogP contribution is 2.30. The summed E-state index contributed by atoms with van der Waals surface area (Å²) in [5, 5.41) is 86.9. The van der Waals surface area contributed by atoms with Crippen LogP contribution in [0, 0.1) is 0 Å². The molecule has 0 aliphatic carbocycles. The second-order valence-electron chi connectivity index (χ2n) is 22.9. The van der Waals surface area contributed by atoms with Crippen molar-refractivity contribution in [3.63, 3.8) is 0 Å². The van der Waals surface area contributed by atoms with Crippen molar-refractivity contribution in [1.82, 2.24) is 5.32 Å². The molecule has 2 saturated heterocycles. The number of aliphatic hydroxyl groups is 8. The van der Waals surface area contributed by atoms with E-state index in [1.54, 1.807) is 6.08 Å². The predicted octanol–water partition coefficient (Wildman–Crippen LogP) is 12.4. The zero-order valence-electron chi connectivity index (χ0n) is 51.2. The first kappa shape index (κ1) is 75.3. The number of rotatable bonds is 52. The third kappa shape index (κ3) is 36.9. The molecule has 1 amide bonds. The highest BCUT2D eigenvalue weighted by atomic mass is 16.7. The Kier molecular flexibility index (Phi) is 48.2. The summed E-state index contributed by atoms with van der Waals surface area (Å²) in [6.07, 6.45) is 55.3. The third-order valence-electron chi connectivity index (χ3n) is 15.6. The number of allylic oxidation sites excluding steroid dienone is 13. The van der Waals surface area contributed by atoms with Gasteiger partial charge in [0.25, 0.3) is 0 Å². The van der Waals surface area contributed by atoms with Crippen LogP contribution in [-0.4, -0.2) is 140 Å². The second kappa shape index (κ2) is 52.5. The smallest absolute Gasteiger partial charge is 0.220 e. The van der Waals surface area contributed by atoms with Crippen molar-refractivity contribution in [2.75, 3.05) is 19.8 Å². The molecular weight excluding hydrogens is 1040 g/mol. The normalized spacial score (nSPS) is 24.5. The first-order valence-corrected chi connectivity index (χ1v) is 32.8. The van der Waals surface area contributed by atoms with Gasteiger partial charge in [-0.2, -0.15) is 0 Å². The molecule has 14 heteroatoms. The first-order chi connectivity index (χ1) is 40.1. The van der Waals surface area contributed by atoms with E-state index in [-0.39, 0.29) is 18.9 Å². The van der Waals surface area contributed by atoms with E-state index in [2.05, 4.69) is 92.1 Å². The summed E-state index contributed by atoms with van der Waals surface area (Å²) in [7, 11) is 0. The molecular formula is C68H119NO13. The first-order valence-electron chi connectivity index (χ1n) is 32.8. The Labute approximate surface area is 497 Å². The molecule has 0 spiro atoms. The fourth-order valence-electron chi connectivity index (χ4n) is 10.4. The van der Waals surface area contributed by atoms with Crippen LogP contribution >= 0.6 is 0 Å². The number of hydrogen-bond acceptors (Lipinski definition) is 13. The molecule has 12 unspecified atom stereocenters. The summed E-state index contributed by atoms with van der Waals surface area (Å²) < 4.78 is 22.7. The number of nitrogens with one attached hydrogen (secondary N) is 1. The molecule has 2 fully saturated rings. The fourth-order valence-corrected chi connectivity index (χ4v) is 10.4. The van der Waals surface area contributed by atoms with Gasteiger partial charge >= 0.3 is 0 Å². The van der Waals surface area contributed by atoms with Crippen LogP contribution in [0.2, 0.25) is 0 Å². The number of carbonyl (C=O) groups is 1. The zero-order chi connectivity index (χ0) is 59.5. The quantitative estimate of drug-likeness (QED) is 0.0204. The van der Waals surface area contributed by atoms with Crippen molar-refractivity contribution in [2.45, 2.75) is 319 Å². The lowest BCUT2D eigenvalue weighted by atomic mass is 9.97. The van der Waals surface area contributed by atoms with E-state index in [0.29, 0.717) is 6.42 Å². The maximum absolute atomic E-state index is 13.2. The number of amides is 1. The number of ether oxygens (including phenoxy) is 4. The molecule has 14 nitrogen and oxygen atoms in total. The Morgan fingerprint density at radius 2 is 0.841 bits per heavy atom. The molecule has 2 rings (SSSR count). The Balaban J connectivity index is 1.54. The molecule has 0 bridgehead atoms. The summed E-state index contributed by atoms with van der Waals surface area (Å²) >= 11 is 0. The molecule has 12 atom stereocenters. The summed E-state index contributed by atoms with van der Waals surface area (Å²) in [6, 6.07) is -0.914. The molecule has 0 radical (unpaired) electrons. The van der Waals surface area contributed by atoms with E-state index >= 15 is 0 Å². The Hall–Kier alpha value is -2.83. The van der Waals surface area contributed by atoms with E-state index in [1.807, 2.05) is 6.08 Å². The minimum atomic E-state index is -1.79. The molecule has 474 valence electrons. The van der Waals surface area contributed by atoms with E-state index in [0.717, 1.165) is 83.5 Å². The standard InChI is InChI=1S/C68H119NO13/c1-3-5-7-9-11-13-14-15-16-17-18-19-20-21-22-23-24-25-26-27-28-29-30-31-32-33-34-35-36-37-38-39-40-41-42-44-46-48-50-52-60(73)69-56(57(72)51-49-47-45-43-12-10-8-6-4-2)55-79-67-65(78)63(76)66(59(54-71)81-67)82-68-64(77)62(75)61(74)58(53-70)80-68/h5,7,11,13,15-16,18-19,21-22,24-25,49,51,56-59,61-68,70-72,74-78H,3-4,6,8-10,12,14,17,20,23,26-48,50,52-55H2,1-2H3,(H,69,73)/b7-5-,13-11-,16-15-,19-18-,22-21-,25-24-,51-49+. The summed E-state index contributed by atoms with van der Waals surface area (Å²) in [5.41, 5.74) is 0. The molecule has 2 aliphatic heterocycles. The van der Waals surface area contributed by atoms with Gasteiger partial charge in [0.05, 0.1) is 32.0 Å². The highest BCUT2D eigenvalue weighted by Gasteiger charge is 2.51. The summed E-state index contributed by atoms with van der Waals surface area (Å²) in [4.78, 5) is 13.2. The maximum Gasteiger partial charge on any atom is 0.220 e. The van der Waals surface area contributed by atoms with Crippen molar-refractivity contribution >= 4 is 5.91 Å². The lowest BCUT2D eigenvalue weighted by Gasteiger charge is -2.46. The van der Waals surface area contributed by atoms with Gasteiger partial charge in [-0.1, -0.05) is 253 Å². The van der Waals surface area contributed by atoms with Crippen LogP contribution in [-0.2, 0) is 23.7 Å². The van der Waals surface area contributed by atoms with Gasteiger partial charge in [-0.05, 0) is 70.6 Å². The number of hydrogen-bond donors (Lipinski definition) is 9. The van der Waals surface area contributed by atoms with Crippen LogP contribution in [0.4, 0.5) is 0 Å². The minimum Gasteiger partial charge on any atom is -0.394 e. The summed E-state index contributed by atoms with van der Waals surface area (Å²) in [6.45, 7) is 2.64. The average Bonchev–Trinajstić information content (AvgIpc) is 3.38. The van der Waals surface area contributed by atoms with Crippen LogP contribution in [0.5, 0.6) is 0 Å². The lowest BCUT2D eigenvalue weighted by molar-refractivity contribution is -0.359. The fraction of sp³-hybridized carbons (Fsp3) is 0.779. The Bertz CT molecular complexity index is 1700. The van der Waals surface area contributed by atoms with Crippen LogP contribution in [0.25, 0.3) is 0 Å². The van der Waals surface area contributed by atoms with Gasteiger partial charge in [-0.15, -0.1) is 0 Å². The van der Waals surface area contributed by atoms with Gasteiger partial charge in [0.1, 0.15) is 48.8 Å². The van der Waals surface area contributed by atoms with E-state index in [1.165, 1.54) is 135 Å². The Morgan fingerprint density at radius 1 is 0.451 bits per heavy atom. The molecule has 9 N–H and O–H groups in total. The zero-order valence-corrected chi connectivity index (χ0v) is 51.2. The molecule has 2 heterocycles. The molecule has 82 heavy (non-hydrogen) atoms. The molecule has 0 aromatic rings. The van der Waals surface area contributed by atoms with E-state index in [9.17, 15) is 45.6 Å². The van der Waals surface area contributed by atoms with Gasteiger partial charge in [0, 0.05) is 6.42 Å². The van der Waals surface area contributed by atoms with Crippen LogP contribution in [0.15, 0.2) is 85.1 Å². The van der Waals surface area contributed by atoms with Gasteiger partial charge < -0.3 is 65.1 Å². The highest BCUT2D eigenvalue weighted by molar-refractivity contribution is 5.76. The second-order valence-corrected chi connectivity index (χ2v) is 22.9. The summed E-state index contributed by atoms with van der Waals surface area (Å²) in [5.74, 6) is -0.241. The van der Waals surface area contributed by atoms with Crippen LogP contribution < -0.4 is 5.32 Å². The van der Waals surface area contributed by atoms with Gasteiger partial charge in [0.15, 0.2) is 12.6 Å². The third-order valence-corrected chi connectivity index (χ3v) is 15.6. The monoisotopic (exact) mass is 1160 g/mol. The lowest BCUT2D eigenvalue weighted by Crippen LogP contribution is -2.65.